The Balaban J connectivity index is 0.00000208. The topological polar surface area (TPSA) is 38.8 Å². The van der Waals surface area contributed by atoms with Gasteiger partial charge in [-0.25, -0.2) is 0 Å². The van der Waals surface area contributed by atoms with E-state index in [2.05, 4.69) is 11.8 Å². The van der Waals surface area contributed by atoms with Gasteiger partial charge >= 0.3 is 0 Å². The molecular weight excluding hydrogens is 326 g/mol. The average molecular weight is 354 g/mol. The Morgan fingerprint density at radius 3 is 2.62 bits per heavy atom. The Labute approximate surface area is 150 Å². The zero-order chi connectivity index (χ0) is 16.1. The average Bonchev–Trinajstić information content (AvgIpc) is 3.25. The highest BCUT2D eigenvalue weighted by Crippen LogP contribution is 2.33. The lowest BCUT2D eigenvalue weighted by molar-refractivity contribution is 0.0834. The second kappa shape index (κ2) is 9.28. The van der Waals surface area contributed by atoms with Crippen molar-refractivity contribution in [2.24, 2.45) is 0 Å². The molecule has 2 aliphatic rings. The van der Waals surface area contributed by atoms with Crippen LogP contribution in [-0.4, -0.2) is 36.6 Å². The van der Waals surface area contributed by atoms with Crippen LogP contribution in [0.5, 0.6) is 11.5 Å². The van der Waals surface area contributed by atoms with Crippen molar-refractivity contribution in [1.82, 2.24) is 4.90 Å². The van der Waals surface area contributed by atoms with Crippen molar-refractivity contribution in [3.05, 3.63) is 23.8 Å². The Morgan fingerprint density at radius 1 is 1.12 bits per heavy atom. The van der Waals surface area contributed by atoms with Gasteiger partial charge in [0.05, 0.1) is 6.04 Å². The SMILES string of the molecule is CCCCCCC(C(=O)c1ccc2c(c1)OCO2)N1CCCC1.Cl. The van der Waals surface area contributed by atoms with E-state index in [1.165, 1.54) is 32.1 Å². The van der Waals surface area contributed by atoms with Crippen molar-refractivity contribution in [3.63, 3.8) is 0 Å². The molecule has 0 spiro atoms. The summed E-state index contributed by atoms with van der Waals surface area (Å²) in [6, 6.07) is 5.60. The highest BCUT2D eigenvalue weighted by Gasteiger charge is 2.29. The summed E-state index contributed by atoms with van der Waals surface area (Å²) in [5.74, 6) is 1.67. The largest absolute Gasteiger partial charge is 0.454 e. The molecule has 2 heterocycles. The number of benzene rings is 1. The van der Waals surface area contributed by atoms with Crippen LogP contribution in [0.3, 0.4) is 0 Å². The molecule has 0 bridgehead atoms. The maximum absolute atomic E-state index is 13.1. The number of halogens is 1. The Kier molecular flexibility index (Phi) is 7.38. The van der Waals surface area contributed by atoms with Crippen LogP contribution in [0.1, 0.15) is 62.2 Å². The minimum atomic E-state index is 0. The Bertz CT molecular complexity index is 543. The van der Waals surface area contributed by atoms with E-state index in [-0.39, 0.29) is 31.0 Å². The molecule has 1 aromatic rings. The summed E-state index contributed by atoms with van der Waals surface area (Å²) >= 11 is 0. The number of hydrogen-bond acceptors (Lipinski definition) is 4. The molecule has 0 N–H and O–H groups in total. The molecule has 0 amide bonds. The molecule has 0 saturated carbocycles. The quantitative estimate of drug-likeness (QED) is 0.511. The van der Waals surface area contributed by atoms with E-state index < -0.39 is 0 Å². The van der Waals surface area contributed by atoms with E-state index in [1.807, 2.05) is 18.2 Å². The summed E-state index contributed by atoms with van der Waals surface area (Å²) in [5, 5.41) is 0. The van der Waals surface area contributed by atoms with Crippen molar-refractivity contribution >= 4 is 18.2 Å². The molecule has 0 aromatic heterocycles. The monoisotopic (exact) mass is 353 g/mol. The van der Waals surface area contributed by atoms with Crippen LogP contribution in [0.15, 0.2) is 18.2 Å². The smallest absolute Gasteiger partial charge is 0.231 e. The normalized spacial score (nSPS) is 17.5. The number of ketones is 1. The van der Waals surface area contributed by atoms with Crippen molar-refractivity contribution in [1.29, 1.82) is 0 Å². The van der Waals surface area contributed by atoms with Crippen molar-refractivity contribution < 1.29 is 14.3 Å². The summed E-state index contributed by atoms with van der Waals surface area (Å²) in [6.45, 7) is 4.57. The molecule has 1 fully saturated rings. The van der Waals surface area contributed by atoms with Crippen LogP contribution in [-0.2, 0) is 0 Å². The van der Waals surface area contributed by atoms with Gasteiger partial charge in [-0.1, -0.05) is 32.6 Å². The number of likely N-dealkylation sites (tertiary alicyclic amines) is 1. The van der Waals surface area contributed by atoms with Gasteiger partial charge in [-0.15, -0.1) is 12.4 Å². The predicted octanol–water partition coefficient (Wildman–Crippen LogP) is 4.45. The molecule has 1 unspecified atom stereocenters. The number of ether oxygens (including phenoxy) is 2. The van der Waals surface area contributed by atoms with E-state index in [0.29, 0.717) is 5.75 Å². The van der Waals surface area contributed by atoms with E-state index in [0.717, 1.165) is 37.2 Å². The third-order valence-corrected chi connectivity index (χ3v) is 4.87. The highest BCUT2D eigenvalue weighted by atomic mass is 35.5. The minimum absolute atomic E-state index is 0. The van der Waals surface area contributed by atoms with Crippen molar-refractivity contribution in [2.45, 2.75) is 57.9 Å². The summed E-state index contributed by atoms with van der Waals surface area (Å²) < 4.78 is 10.8. The fourth-order valence-corrected chi connectivity index (χ4v) is 3.54. The van der Waals surface area contributed by atoms with Gasteiger partial charge in [0.1, 0.15) is 0 Å². The molecule has 4 nitrogen and oxygen atoms in total. The van der Waals surface area contributed by atoms with Crippen LogP contribution >= 0.6 is 12.4 Å². The molecule has 2 aliphatic heterocycles. The molecule has 24 heavy (non-hydrogen) atoms. The molecule has 1 saturated heterocycles. The summed E-state index contributed by atoms with van der Waals surface area (Å²) in [7, 11) is 0. The van der Waals surface area contributed by atoms with Crippen LogP contribution < -0.4 is 9.47 Å². The standard InChI is InChI=1S/C19H27NO3.ClH/c1-2-3-4-5-8-16(20-11-6-7-12-20)19(21)15-9-10-17-18(13-15)23-14-22-17;/h9-10,13,16H,2-8,11-12,14H2,1H3;1H. The van der Waals surface area contributed by atoms with Gasteiger partial charge in [0, 0.05) is 5.56 Å². The van der Waals surface area contributed by atoms with E-state index in [9.17, 15) is 4.79 Å². The molecule has 5 heteroatoms. The summed E-state index contributed by atoms with van der Waals surface area (Å²) in [4.78, 5) is 15.4. The van der Waals surface area contributed by atoms with Gasteiger partial charge in [-0.3, -0.25) is 9.69 Å². The third-order valence-electron chi connectivity index (χ3n) is 4.87. The fraction of sp³-hybridized carbons (Fsp3) is 0.632. The zero-order valence-corrected chi connectivity index (χ0v) is 15.3. The number of carbonyl (C=O) groups excluding carboxylic acids is 1. The van der Waals surface area contributed by atoms with Crippen molar-refractivity contribution in [2.75, 3.05) is 19.9 Å². The second-order valence-electron chi connectivity index (χ2n) is 6.54. The van der Waals surface area contributed by atoms with Crippen LogP contribution in [0.4, 0.5) is 0 Å². The lowest BCUT2D eigenvalue weighted by Gasteiger charge is -2.26. The van der Waals surface area contributed by atoms with Crippen molar-refractivity contribution in [3.8, 4) is 11.5 Å². The lowest BCUT2D eigenvalue weighted by atomic mass is 9.97. The van der Waals surface area contributed by atoms with E-state index >= 15 is 0 Å². The zero-order valence-electron chi connectivity index (χ0n) is 14.5. The number of unbranched alkanes of at least 4 members (excludes halogenated alkanes) is 3. The van der Waals surface area contributed by atoms with Crippen LogP contribution in [0, 0.1) is 0 Å². The van der Waals surface area contributed by atoms with Crippen LogP contribution in [0.25, 0.3) is 0 Å². The second-order valence-corrected chi connectivity index (χ2v) is 6.54. The third kappa shape index (κ3) is 4.42. The highest BCUT2D eigenvalue weighted by molar-refractivity contribution is 6.00. The molecule has 0 radical (unpaired) electrons. The van der Waals surface area contributed by atoms with Gasteiger partial charge in [0.25, 0.3) is 0 Å². The first-order valence-electron chi connectivity index (χ1n) is 8.97. The molecule has 1 aromatic carbocycles. The number of Topliss-reactive ketones (excluding diaryl/α,β-unsaturated/α-hetero) is 1. The predicted molar refractivity (Wildman–Crippen MR) is 97.5 cm³/mol. The molecule has 3 rings (SSSR count). The number of rotatable bonds is 8. The number of nitrogens with zero attached hydrogens (tertiary/aromatic N) is 1. The first-order valence-corrected chi connectivity index (χ1v) is 8.97. The Hall–Kier alpha value is -1.26. The van der Waals surface area contributed by atoms with Gasteiger partial charge < -0.3 is 9.47 Å². The molecule has 1 atom stereocenters. The molecule has 134 valence electrons. The van der Waals surface area contributed by atoms with Gasteiger partial charge in [0.2, 0.25) is 6.79 Å². The van der Waals surface area contributed by atoms with E-state index in [1.54, 1.807) is 0 Å². The first-order chi connectivity index (χ1) is 11.3. The van der Waals surface area contributed by atoms with Crippen LogP contribution in [0.2, 0.25) is 0 Å². The van der Waals surface area contributed by atoms with E-state index in [4.69, 9.17) is 9.47 Å². The lowest BCUT2D eigenvalue weighted by Crippen LogP contribution is -2.39. The first kappa shape index (κ1) is 19.1. The summed E-state index contributed by atoms with van der Waals surface area (Å²) in [6.07, 6.45) is 8.21. The Morgan fingerprint density at radius 2 is 1.88 bits per heavy atom. The number of hydrogen-bond donors (Lipinski definition) is 0. The summed E-state index contributed by atoms with van der Waals surface area (Å²) in [5.41, 5.74) is 0.752. The van der Waals surface area contributed by atoms with Gasteiger partial charge in [-0.05, 0) is 50.6 Å². The molecular formula is C19H28ClNO3. The number of fused-ring (bicyclic) bond motifs is 1. The van der Waals surface area contributed by atoms with Gasteiger partial charge in [-0.2, -0.15) is 0 Å². The fourth-order valence-electron chi connectivity index (χ4n) is 3.54. The molecule has 0 aliphatic carbocycles. The maximum Gasteiger partial charge on any atom is 0.231 e. The minimum Gasteiger partial charge on any atom is -0.454 e. The maximum atomic E-state index is 13.1. The number of carbonyl (C=O) groups is 1. The van der Waals surface area contributed by atoms with Gasteiger partial charge in [0.15, 0.2) is 17.3 Å².